The minimum absolute atomic E-state index is 0.0580. The van der Waals surface area contributed by atoms with E-state index in [1.165, 1.54) is 18.2 Å². The highest BCUT2D eigenvalue weighted by molar-refractivity contribution is 14.1. The summed E-state index contributed by atoms with van der Waals surface area (Å²) in [6, 6.07) is 4.28. The van der Waals surface area contributed by atoms with E-state index in [0.29, 0.717) is 22.2 Å². The predicted molar refractivity (Wildman–Crippen MR) is 67.6 cm³/mol. The molecule has 1 aromatic carbocycles. The molecule has 0 aromatic heterocycles. The highest BCUT2D eigenvalue weighted by Crippen LogP contribution is 2.18. The molecular weight excluding hydrogens is 322 g/mol. The van der Waals surface area contributed by atoms with Crippen LogP contribution in [-0.4, -0.2) is 29.9 Å². The summed E-state index contributed by atoms with van der Waals surface area (Å²) in [6.07, 6.45) is 0.837. The molecule has 1 amide bonds. The fourth-order valence-corrected chi connectivity index (χ4v) is 2.51. The van der Waals surface area contributed by atoms with Gasteiger partial charge in [-0.25, -0.2) is 4.39 Å². The summed E-state index contributed by atoms with van der Waals surface area (Å²) < 4.78 is 13.5. The molecule has 86 valence electrons. The van der Waals surface area contributed by atoms with Crippen molar-refractivity contribution < 1.29 is 9.18 Å². The van der Waals surface area contributed by atoms with Crippen LogP contribution in [0.25, 0.3) is 0 Å². The number of nitrogens with zero attached hydrogens (tertiary/aromatic N) is 1. The van der Waals surface area contributed by atoms with Gasteiger partial charge in [0.1, 0.15) is 5.82 Å². The molecule has 1 atom stereocenters. The van der Waals surface area contributed by atoms with Crippen LogP contribution in [-0.2, 0) is 0 Å². The third-order valence-corrected chi connectivity index (χ3v) is 3.57. The third-order valence-electron chi connectivity index (χ3n) is 2.67. The second-order valence-electron chi connectivity index (χ2n) is 3.92. The first-order valence-electron chi connectivity index (χ1n) is 5.08. The lowest BCUT2D eigenvalue weighted by Gasteiger charge is -2.16. The molecule has 16 heavy (non-hydrogen) atoms. The SMILES string of the molecule is NC1CCN(C(=O)c2ccc(F)cc2I)C1. The van der Waals surface area contributed by atoms with Crippen LogP contribution in [0.4, 0.5) is 4.39 Å². The van der Waals surface area contributed by atoms with Crippen LogP contribution in [0.15, 0.2) is 18.2 Å². The van der Waals surface area contributed by atoms with Crippen LogP contribution < -0.4 is 5.73 Å². The van der Waals surface area contributed by atoms with Crippen LogP contribution in [0.3, 0.4) is 0 Å². The van der Waals surface area contributed by atoms with Crippen LogP contribution in [0.2, 0.25) is 0 Å². The van der Waals surface area contributed by atoms with E-state index in [1.54, 1.807) is 4.90 Å². The van der Waals surface area contributed by atoms with Crippen molar-refractivity contribution in [2.45, 2.75) is 12.5 Å². The zero-order chi connectivity index (χ0) is 11.7. The van der Waals surface area contributed by atoms with Gasteiger partial charge in [-0.05, 0) is 47.2 Å². The minimum atomic E-state index is -0.320. The maximum absolute atomic E-state index is 12.9. The molecule has 0 radical (unpaired) electrons. The Morgan fingerprint density at radius 3 is 2.88 bits per heavy atom. The second-order valence-corrected chi connectivity index (χ2v) is 5.09. The molecule has 0 saturated carbocycles. The highest BCUT2D eigenvalue weighted by atomic mass is 127. The Hall–Kier alpha value is -0.690. The van der Waals surface area contributed by atoms with Crippen LogP contribution >= 0.6 is 22.6 Å². The highest BCUT2D eigenvalue weighted by Gasteiger charge is 2.25. The van der Waals surface area contributed by atoms with Crippen molar-refractivity contribution in [3.63, 3.8) is 0 Å². The lowest BCUT2D eigenvalue weighted by atomic mass is 10.2. The van der Waals surface area contributed by atoms with E-state index in [-0.39, 0.29) is 17.8 Å². The number of amides is 1. The van der Waals surface area contributed by atoms with E-state index in [0.717, 1.165) is 6.42 Å². The van der Waals surface area contributed by atoms with Gasteiger partial charge in [0.15, 0.2) is 0 Å². The van der Waals surface area contributed by atoms with Gasteiger partial charge in [-0.1, -0.05) is 0 Å². The molecule has 0 spiro atoms. The minimum Gasteiger partial charge on any atom is -0.337 e. The quantitative estimate of drug-likeness (QED) is 0.793. The standard InChI is InChI=1S/C11H12FIN2O/c12-7-1-2-9(10(13)5-7)11(16)15-4-3-8(14)6-15/h1-2,5,8H,3-4,6,14H2. The zero-order valence-electron chi connectivity index (χ0n) is 8.62. The molecule has 0 bridgehead atoms. The summed E-state index contributed by atoms with van der Waals surface area (Å²) in [7, 11) is 0. The van der Waals surface area contributed by atoms with Gasteiger partial charge < -0.3 is 10.6 Å². The average Bonchev–Trinajstić information content (AvgIpc) is 2.64. The molecule has 1 saturated heterocycles. The van der Waals surface area contributed by atoms with Gasteiger partial charge in [-0.3, -0.25) is 4.79 Å². The normalized spacial score (nSPS) is 20.2. The monoisotopic (exact) mass is 334 g/mol. The Balaban J connectivity index is 2.21. The maximum atomic E-state index is 12.9. The van der Waals surface area contributed by atoms with E-state index in [9.17, 15) is 9.18 Å². The van der Waals surface area contributed by atoms with Crippen molar-refractivity contribution in [3.8, 4) is 0 Å². The molecule has 2 rings (SSSR count). The Bertz CT molecular complexity index is 424. The Morgan fingerprint density at radius 1 is 1.56 bits per heavy atom. The van der Waals surface area contributed by atoms with Gasteiger partial charge in [0.05, 0.1) is 5.56 Å². The molecule has 3 nitrogen and oxygen atoms in total. The van der Waals surface area contributed by atoms with Gasteiger partial charge in [0, 0.05) is 22.7 Å². The van der Waals surface area contributed by atoms with Gasteiger partial charge in [0.25, 0.3) is 5.91 Å². The summed E-state index contributed by atoms with van der Waals surface area (Å²) in [5.74, 6) is -0.378. The van der Waals surface area contributed by atoms with E-state index < -0.39 is 0 Å². The van der Waals surface area contributed by atoms with Crippen LogP contribution in [0, 0.1) is 9.39 Å². The lowest BCUT2D eigenvalue weighted by molar-refractivity contribution is 0.0790. The number of nitrogens with two attached hydrogens (primary N) is 1. The van der Waals surface area contributed by atoms with Crippen molar-refractivity contribution in [2.24, 2.45) is 5.73 Å². The van der Waals surface area contributed by atoms with Crippen LogP contribution in [0.1, 0.15) is 16.8 Å². The third kappa shape index (κ3) is 2.35. The van der Waals surface area contributed by atoms with E-state index >= 15 is 0 Å². The summed E-state index contributed by atoms with van der Waals surface area (Å²) in [5.41, 5.74) is 6.30. The topological polar surface area (TPSA) is 46.3 Å². The largest absolute Gasteiger partial charge is 0.337 e. The molecule has 0 aliphatic carbocycles. The molecule has 1 aliphatic heterocycles. The number of halogens is 2. The Morgan fingerprint density at radius 2 is 2.31 bits per heavy atom. The van der Waals surface area contributed by atoms with Crippen molar-refractivity contribution in [1.82, 2.24) is 4.90 Å². The lowest BCUT2D eigenvalue weighted by Crippen LogP contribution is -2.32. The number of rotatable bonds is 1. The first-order valence-corrected chi connectivity index (χ1v) is 6.15. The fraction of sp³-hybridized carbons (Fsp3) is 0.364. The van der Waals surface area contributed by atoms with Gasteiger partial charge in [0.2, 0.25) is 0 Å². The molecule has 1 aliphatic rings. The van der Waals surface area contributed by atoms with Gasteiger partial charge in [-0.2, -0.15) is 0 Å². The first kappa shape index (κ1) is 11.8. The smallest absolute Gasteiger partial charge is 0.254 e. The Kier molecular flexibility index (Phi) is 3.44. The molecule has 1 unspecified atom stereocenters. The molecule has 5 heteroatoms. The second kappa shape index (κ2) is 4.67. The summed E-state index contributed by atoms with van der Waals surface area (Å²) in [5, 5.41) is 0. The molecule has 1 heterocycles. The molecule has 2 N–H and O–H groups in total. The summed E-state index contributed by atoms with van der Waals surface area (Å²) >= 11 is 1.97. The summed E-state index contributed by atoms with van der Waals surface area (Å²) in [4.78, 5) is 13.8. The fourth-order valence-electron chi connectivity index (χ4n) is 1.81. The van der Waals surface area contributed by atoms with Gasteiger partial charge >= 0.3 is 0 Å². The van der Waals surface area contributed by atoms with Crippen molar-refractivity contribution in [3.05, 3.63) is 33.1 Å². The molecule has 1 fully saturated rings. The van der Waals surface area contributed by atoms with E-state index in [4.69, 9.17) is 5.73 Å². The number of hydrogen-bond acceptors (Lipinski definition) is 2. The van der Waals surface area contributed by atoms with E-state index in [1.807, 2.05) is 22.6 Å². The van der Waals surface area contributed by atoms with Crippen LogP contribution in [0.5, 0.6) is 0 Å². The zero-order valence-corrected chi connectivity index (χ0v) is 10.8. The number of carbonyl (C=O) groups excluding carboxylic acids is 1. The summed E-state index contributed by atoms with van der Waals surface area (Å²) in [6.45, 7) is 1.28. The van der Waals surface area contributed by atoms with Crippen molar-refractivity contribution >= 4 is 28.5 Å². The Labute approximate surface area is 107 Å². The van der Waals surface area contributed by atoms with Crippen molar-refractivity contribution in [2.75, 3.05) is 13.1 Å². The first-order chi connectivity index (χ1) is 7.58. The van der Waals surface area contributed by atoms with E-state index in [2.05, 4.69) is 0 Å². The number of likely N-dealkylation sites (tertiary alicyclic amines) is 1. The van der Waals surface area contributed by atoms with Gasteiger partial charge in [-0.15, -0.1) is 0 Å². The number of carbonyl (C=O) groups is 1. The average molecular weight is 334 g/mol. The molecular formula is C11H12FIN2O. The number of hydrogen-bond donors (Lipinski definition) is 1. The predicted octanol–water partition coefficient (Wildman–Crippen LogP) is 1.60. The van der Waals surface area contributed by atoms with Crippen molar-refractivity contribution in [1.29, 1.82) is 0 Å². The number of benzene rings is 1. The maximum Gasteiger partial charge on any atom is 0.254 e. The molecule has 1 aromatic rings.